The molecule has 0 atom stereocenters. The molecule has 4 aromatic rings. The Morgan fingerprint density at radius 1 is 1.11 bits per heavy atom. The maximum absolute atomic E-state index is 12.7. The first kappa shape index (κ1) is 24.6. The van der Waals surface area contributed by atoms with Crippen molar-refractivity contribution in [2.24, 2.45) is 0 Å². The van der Waals surface area contributed by atoms with E-state index in [1.165, 1.54) is 4.88 Å². The van der Waals surface area contributed by atoms with Crippen molar-refractivity contribution < 1.29 is 4.74 Å². The van der Waals surface area contributed by atoms with Gasteiger partial charge in [0.1, 0.15) is 12.4 Å². The Labute approximate surface area is 215 Å². The summed E-state index contributed by atoms with van der Waals surface area (Å²) in [4.78, 5) is 25.2. The van der Waals surface area contributed by atoms with Crippen LogP contribution in [0.5, 0.6) is 0 Å². The summed E-state index contributed by atoms with van der Waals surface area (Å²) in [6.07, 6.45) is 9.64. The van der Waals surface area contributed by atoms with Gasteiger partial charge in [-0.05, 0) is 25.0 Å². The first-order chi connectivity index (χ1) is 16.8. The zero-order chi connectivity index (χ0) is 24.6. The van der Waals surface area contributed by atoms with Crippen LogP contribution in [0.3, 0.4) is 0 Å². The number of aromatic nitrogens is 4. The van der Waals surface area contributed by atoms with Gasteiger partial charge in [-0.3, -0.25) is 9.69 Å². The van der Waals surface area contributed by atoms with Crippen LogP contribution < -0.4 is 5.43 Å². The maximum Gasteiger partial charge on any atom is 0.190 e. The summed E-state index contributed by atoms with van der Waals surface area (Å²) in [6, 6.07) is 5.22. The molecule has 7 nitrogen and oxygen atoms in total. The molecule has 0 amide bonds. The van der Waals surface area contributed by atoms with Gasteiger partial charge in [-0.25, -0.2) is 9.97 Å². The molecule has 0 unspecified atom stereocenters. The van der Waals surface area contributed by atoms with Gasteiger partial charge in [0.25, 0.3) is 0 Å². The van der Waals surface area contributed by atoms with Crippen molar-refractivity contribution in [1.82, 2.24) is 24.0 Å². The number of pyridine rings is 2. The van der Waals surface area contributed by atoms with E-state index in [-0.39, 0.29) is 5.43 Å². The summed E-state index contributed by atoms with van der Waals surface area (Å²) >= 11 is 7.55. The quantitative estimate of drug-likeness (QED) is 0.219. The van der Waals surface area contributed by atoms with Gasteiger partial charge in [-0.2, -0.15) is 0 Å². The number of hydrogen-bond donors (Lipinski definition) is 0. The lowest BCUT2D eigenvalue weighted by Crippen LogP contribution is -2.34. The molecule has 5 heterocycles. The summed E-state index contributed by atoms with van der Waals surface area (Å²) in [7, 11) is -1.13. The molecular formula is C25H32ClN5O2SSi. The van der Waals surface area contributed by atoms with Crippen LogP contribution in [0.2, 0.25) is 30.2 Å². The number of piperidine rings is 1. The lowest BCUT2D eigenvalue weighted by Gasteiger charge is -2.33. The van der Waals surface area contributed by atoms with Crippen molar-refractivity contribution in [3.8, 4) is 0 Å². The van der Waals surface area contributed by atoms with Crippen LogP contribution in [-0.4, -0.2) is 51.8 Å². The molecule has 0 bridgehead atoms. The number of thiazole rings is 1. The monoisotopic (exact) mass is 529 g/mol. The third-order valence-electron chi connectivity index (χ3n) is 6.75. The van der Waals surface area contributed by atoms with Gasteiger partial charge in [0, 0.05) is 81.5 Å². The molecule has 35 heavy (non-hydrogen) atoms. The number of rotatable bonds is 8. The van der Waals surface area contributed by atoms with Gasteiger partial charge in [-0.15, -0.1) is 11.3 Å². The van der Waals surface area contributed by atoms with Gasteiger partial charge in [-0.1, -0.05) is 31.2 Å². The van der Waals surface area contributed by atoms with E-state index < -0.39 is 8.07 Å². The zero-order valence-corrected chi connectivity index (χ0v) is 23.1. The Hall–Kier alpha value is -2.04. The average molecular weight is 530 g/mol. The van der Waals surface area contributed by atoms with Crippen LogP contribution >= 0.6 is 22.9 Å². The van der Waals surface area contributed by atoms with Crippen molar-refractivity contribution in [1.29, 1.82) is 0 Å². The number of halogens is 1. The van der Waals surface area contributed by atoms with Crippen LogP contribution in [0.1, 0.15) is 23.8 Å². The molecule has 1 aliphatic heterocycles. The van der Waals surface area contributed by atoms with E-state index in [0.717, 1.165) is 61.7 Å². The smallest absolute Gasteiger partial charge is 0.190 e. The van der Waals surface area contributed by atoms with Gasteiger partial charge in [0.05, 0.1) is 10.9 Å². The molecule has 186 valence electrons. The van der Waals surface area contributed by atoms with Crippen molar-refractivity contribution in [2.75, 3.05) is 19.7 Å². The number of fused-ring (bicyclic) bond motifs is 3. The normalized spacial score (nSPS) is 16.0. The van der Waals surface area contributed by atoms with Crippen molar-refractivity contribution in [2.45, 2.75) is 57.8 Å². The third kappa shape index (κ3) is 5.54. The summed E-state index contributed by atoms with van der Waals surface area (Å²) in [5.74, 6) is 0. The average Bonchev–Trinajstić information content (AvgIpc) is 3.43. The molecule has 5 rings (SSSR count). The van der Waals surface area contributed by atoms with Crippen molar-refractivity contribution in [3.05, 3.63) is 56.5 Å². The molecule has 10 heteroatoms. The lowest BCUT2D eigenvalue weighted by atomic mass is 10.0. The Kier molecular flexibility index (Phi) is 7.14. The highest BCUT2D eigenvalue weighted by atomic mass is 35.5. The summed E-state index contributed by atoms with van der Waals surface area (Å²) in [5.41, 5.74) is 1.87. The van der Waals surface area contributed by atoms with E-state index in [2.05, 4.69) is 45.1 Å². The van der Waals surface area contributed by atoms with E-state index >= 15 is 0 Å². The standard InChI is InChI=1S/C25H32ClN5O2SSi/c1-35(2,3)13-12-33-17-30-10-6-20-23-21(15-27-24(20)30)22(32)7-11-31(23)18-4-8-29(9-5-18)16-19-14-28-25(26)34-19/h6-7,10-11,14-15,18H,4-5,8-9,12-13,16-17H2,1-3H3. The Balaban J connectivity index is 1.37. The maximum atomic E-state index is 12.7. The number of nitrogens with zero attached hydrogens (tertiary/aromatic N) is 5. The van der Waals surface area contributed by atoms with E-state index in [1.807, 2.05) is 23.2 Å². The predicted octanol–water partition coefficient (Wildman–Crippen LogP) is 5.61. The fraction of sp³-hybridized carbons (Fsp3) is 0.480. The largest absolute Gasteiger partial charge is 0.361 e. The minimum atomic E-state index is -1.13. The first-order valence-electron chi connectivity index (χ1n) is 12.2. The lowest BCUT2D eigenvalue weighted by molar-refractivity contribution is 0.0899. The Morgan fingerprint density at radius 3 is 2.63 bits per heavy atom. The highest BCUT2D eigenvalue weighted by Crippen LogP contribution is 2.31. The van der Waals surface area contributed by atoms with Crippen LogP contribution in [0.15, 0.2) is 41.7 Å². The summed E-state index contributed by atoms with van der Waals surface area (Å²) in [6.45, 7) is 11.2. The summed E-state index contributed by atoms with van der Waals surface area (Å²) < 4.78 is 10.9. The number of ether oxygens (including phenoxy) is 1. The molecular weight excluding hydrogens is 498 g/mol. The second-order valence-corrected chi connectivity index (χ2v) is 17.9. The molecule has 1 saturated heterocycles. The molecule has 0 saturated carbocycles. The van der Waals surface area contributed by atoms with Crippen LogP contribution in [0, 0.1) is 0 Å². The van der Waals surface area contributed by atoms with E-state index in [0.29, 0.717) is 22.6 Å². The minimum Gasteiger partial charge on any atom is -0.361 e. The number of hydrogen-bond acceptors (Lipinski definition) is 6. The molecule has 1 aliphatic rings. The zero-order valence-electron chi connectivity index (χ0n) is 20.5. The first-order valence-corrected chi connectivity index (χ1v) is 17.1. The molecule has 4 aromatic heterocycles. The second-order valence-electron chi connectivity index (χ2n) is 10.6. The molecule has 0 aromatic carbocycles. The van der Waals surface area contributed by atoms with E-state index in [9.17, 15) is 4.79 Å². The SMILES string of the molecule is C[Si](C)(C)CCOCn1ccc2c1ncc1c(=O)ccn(C3CCN(Cc4cnc(Cl)s4)CC3)c12. The molecule has 0 aliphatic carbocycles. The molecule has 1 fully saturated rings. The van der Waals surface area contributed by atoms with Crippen molar-refractivity contribution >= 4 is 52.9 Å². The van der Waals surface area contributed by atoms with Crippen LogP contribution in [0.25, 0.3) is 21.9 Å². The fourth-order valence-electron chi connectivity index (χ4n) is 4.78. The topological polar surface area (TPSA) is 65.2 Å². The Bertz CT molecular complexity index is 1380. The molecule has 0 radical (unpaired) electrons. The van der Waals surface area contributed by atoms with Crippen LogP contribution in [0.4, 0.5) is 0 Å². The van der Waals surface area contributed by atoms with Crippen molar-refractivity contribution in [3.63, 3.8) is 0 Å². The Morgan fingerprint density at radius 2 is 1.91 bits per heavy atom. The van der Waals surface area contributed by atoms with Gasteiger partial charge >= 0.3 is 0 Å². The predicted molar refractivity (Wildman–Crippen MR) is 146 cm³/mol. The second kappa shape index (κ2) is 10.1. The molecule has 0 N–H and O–H groups in total. The van der Waals surface area contributed by atoms with Crippen LogP contribution in [-0.2, 0) is 18.0 Å². The van der Waals surface area contributed by atoms with E-state index in [4.69, 9.17) is 16.3 Å². The highest BCUT2D eigenvalue weighted by molar-refractivity contribution is 7.15. The minimum absolute atomic E-state index is 0.0179. The van der Waals surface area contributed by atoms with Gasteiger partial charge < -0.3 is 13.9 Å². The number of likely N-dealkylation sites (tertiary alicyclic amines) is 1. The fourth-order valence-corrected chi connectivity index (χ4v) is 6.56. The third-order valence-corrected chi connectivity index (χ3v) is 9.56. The molecule has 0 spiro atoms. The van der Waals surface area contributed by atoms with E-state index in [1.54, 1.807) is 23.6 Å². The van der Waals surface area contributed by atoms with Gasteiger partial charge in [0.2, 0.25) is 0 Å². The highest BCUT2D eigenvalue weighted by Gasteiger charge is 2.23. The van der Waals surface area contributed by atoms with Gasteiger partial charge in [0.15, 0.2) is 9.90 Å². The summed E-state index contributed by atoms with van der Waals surface area (Å²) in [5, 5.41) is 1.69.